The number of hydrogen-bond donors (Lipinski definition) is 0. The van der Waals surface area contributed by atoms with Gasteiger partial charge in [0, 0.05) is 30.8 Å². The number of halogens is 1. The summed E-state index contributed by atoms with van der Waals surface area (Å²) in [5.74, 6) is -0.433. The number of likely N-dealkylation sites (tertiary alicyclic amines) is 1. The fourth-order valence-corrected chi connectivity index (χ4v) is 1.85. The molecule has 1 saturated heterocycles. The molecule has 0 aromatic carbocycles. The smallest absolute Gasteiger partial charge is 0.410 e. The van der Waals surface area contributed by atoms with Gasteiger partial charge in [0.15, 0.2) is 0 Å². The van der Waals surface area contributed by atoms with E-state index in [1.165, 1.54) is 6.20 Å². The number of hydrogen-bond acceptors (Lipinski definition) is 3. The van der Waals surface area contributed by atoms with Crippen molar-refractivity contribution in [1.82, 2.24) is 9.88 Å². The van der Waals surface area contributed by atoms with Crippen molar-refractivity contribution >= 4 is 6.09 Å². The Balaban J connectivity index is 1.91. The molecule has 98 valence electrons. The van der Waals surface area contributed by atoms with Crippen molar-refractivity contribution in [3.05, 3.63) is 29.8 Å². The first-order valence-electron chi connectivity index (χ1n) is 5.95. The highest BCUT2D eigenvalue weighted by Gasteiger charge is 2.35. The van der Waals surface area contributed by atoms with Crippen molar-refractivity contribution in [2.24, 2.45) is 0 Å². The van der Waals surface area contributed by atoms with Gasteiger partial charge in [-0.05, 0) is 26.8 Å². The second-order valence-electron chi connectivity index (χ2n) is 5.47. The monoisotopic (exact) mass is 252 g/mol. The summed E-state index contributed by atoms with van der Waals surface area (Å²) in [4.78, 5) is 16.9. The number of carbonyl (C=O) groups excluding carboxylic acids is 1. The fraction of sp³-hybridized carbons (Fsp3) is 0.538. The van der Waals surface area contributed by atoms with Gasteiger partial charge in [0.2, 0.25) is 5.95 Å². The molecule has 0 saturated carbocycles. The standard InChI is InChI=1S/C13H17FN2O2/c1-13(2,3)18-12(17)16-7-9(8-16)10-5-4-6-15-11(10)14/h4-6,9H,7-8H2,1-3H3. The van der Waals surface area contributed by atoms with Gasteiger partial charge in [-0.15, -0.1) is 0 Å². The summed E-state index contributed by atoms with van der Waals surface area (Å²) >= 11 is 0. The van der Waals surface area contributed by atoms with Gasteiger partial charge in [0.1, 0.15) is 5.60 Å². The van der Waals surface area contributed by atoms with Crippen LogP contribution in [0.15, 0.2) is 18.3 Å². The lowest BCUT2D eigenvalue weighted by Crippen LogP contribution is -2.50. The zero-order valence-corrected chi connectivity index (χ0v) is 10.8. The molecule has 1 aromatic rings. The van der Waals surface area contributed by atoms with Crippen molar-refractivity contribution < 1.29 is 13.9 Å². The van der Waals surface area contributed by atoms with Gasteiger partial charge in [-0.2, -0.15) is 4.39 Å². The van der Waals surface area contributed by atoms with E-state index in [0.717, 1.165) is 0 Å². The van der Waals surface area contributed by atoms with Crippen LogP contribution in [0.1, 0.15) is 32.3 Å². The number of amides is 1. The lowest BCUT2D eigenvalue weighted by molar-refractivity contribution is 0.00784. The van der Waals surface area contributed by atoms with Crippen LogP contribution in [0, 0.1) is 5.95 Å². The van der Waals surface area contributed by atoms with Crippen LogP contribution in [-0.4, -0.2) is 34.7 Å². The molecule has 5 heteroatoms. The summed E-state index contributed by atoms with van der Waals surface area (Å²) in [5.41, 5.74) is 0.0687. The summed E-state index contributed by atoms with van der Waals surface area (Å²) in [6.45, 7) is 6.43. The molecule has 4 nitrogen and oxygen atoms in total. The molecule has 1 aromatic heterocycles. The number of nitrogens with zero attached hydrogens (tertiary/aromatic N) is 2. The predicted octanol–water partition coefficient (Wildman–Crippen LogP) is 2.56. The Morgan fingerprint density at radius 2 is 2.17 bits per heavy atom. The van der Waals surface area contributed by atoms with Gasteiger partial charge in [-0.3, -0.25) is 0 Å². The Morgan fingerprint density at radius 3 is 2.72 bits per heavy atom. The predicted molar refractivity (Wildman–Crippen MR) is 64.7 cm³/mol. The molecule has 18 heavy (non-hydrogen) atoms. The van der Waals surface area contributed by atoms with E-state index in [1.807, 2.05) is 20.8 Å². The molecule has 0 atom stereocenters. The molecule has 1 amide bonds. The number of aromatic nitrogens is 1. The van der Waals surface area contributed by atoms with Gasteiger partial charge in [-0.1, -0.05) is 6.07 Å². The number of rotatable bonds is 1. The second kappa shape index (κ2) is 4.55. The van der Waals surface area contributed by atoms with E-state index >= 15 is 0 Å². The van der Waals surface area contributed by atoms with Crippen LogP contribution >= 0.6 is 0 Å². The molecule has 0 spiro atoms. The third-order valence-electron chi connectivity index (χ3n) is 2.76. The van der Waals surface area contributed by atoms with Crippen molar-refractivity contribution in [3.63, 3.8) is 0 Å². The van der Waals surface area contributed by atoms with Crippen LogP contribution in [-0.2, 0) is 4.74 Å². The summed E-state index contributed by atoms with van der Waals surface area (Å²) in [6.07, 6.45) is 1.08. The van der Waals surface area contributed by atoms with E-state index in [1.54, 1.807) is 17.0 Å². The van der Waals surface area contributed by atoms with Gasteiger partial charge < -0.3 is 9.64 Å². The first-order valence-corrected chi connectivity index (χ1v) is 5.95. The Hall–Kier alpha value is -1.65. The molecule has 1 fully saturated rings. The van der Waals surface area contributed by atoms with Crippen molar-refractivity contribution in [1.29, 1.82) is 0 Å². The molecule has 0 unspecified atom stereocenters. The van der Waals surface area contributed by atoms with Crippen molar-refractivity contribution in [3.8, 4) is 0 Å². The average molecular weight is 252 g/mol. The Labute approximate surface area is 106 Å². The van der Waals surface area contributed by atoms with E-state index in [0.29, 0.717) is 18.7 Å². The topological polar surface area (TPSA) is 42.4 Å². The van der Waals surface area contributed by atoms with Crippen LogP contribution in [0.2, 0.25) is 0 Å². The molecule has 0 aliphatic carbocycles. The van der Waals surface area contributed by atoms with Gasteiger partial charge in [0.25, 0.3) is 0 Å². The normalized spacial score (nSPS) is 16.3. The van der Waals surface area contributed by atoms with E-state index in [9.17, 15) is 9.18 Å². The van der Waals surface area contributed by atoms with E-state index < -0.39 is 11.5 Å². The minimum Gasteiger partial charge on any atom is -0.444 e. The quantitative estimate of drug-likeness (QED) is 0.721. The molecular formula is C13H17FN2O2. The van der Waals surface area contributed by atoms with E-state index in [4.69, 9.17) is 4.74 Å². The summed E-state index contributed by atoms with van der Waals surface area (Å²) in [6, 6.07) is 3.41. The highest BCUT2D eigenvalue weighted by Crippen LogP contribution is 2.29. The molecule has 0 bridgehead atoms. The zero-order valence-electron chi connectivity index (χ0n) is 10.8. The summed E-state index contributed by atoms with van der Waals surface area (Å²) in [7, 11) is 0. The second-order valence-corrected chi connectivity index (χ2v) is 5.47. The average Bonchev–Trinajstić information content (AvgIpc) is 2.15. The maximum absolute atomic E-state index is 13.4. The first-order chi connectivity index (χ1) is 8.37. The lowest BCUT2D eigenvalue weighted by atomic mass is 9.93. The Kier molecular flexibility index (Phi) is 3.24. The molecule has 1 aliphatic heterocycles. The van der Waals surface area contributed by atoms with Crippen LogP contribution in [0.4, 0.5) is 9.18 Å². The van der Waals surface area contributed by atoms with Crippen LogP contribution < -0.4 is 0 Å². The minimum atomic E-state index is -0.498. The third-order valence-corrected chi connectivity index (χ3v) is 2.76. The van der Waals surface area contributed by atoms with E-state index in [2.05, 4.69) is 4.98 Å². The zero-order chi connectivity index (χ0) is 13.3. The largest absolute Gasteiger partial charge is 0.444 e. The molecular weight excluding hydrogens is 235 g/mol. The van der Waals surface area contributed by atoms with Crippen LogP contribution in [0.3, 0.4) is 0 Å². The highest BCUT2D eigenvalue weighted by atomic mass is 19.1. The summed E-state index contributed by atoms with van der Waals surface area (Å²) < 4.78 is 18.6. The van der Waals surface area contributed by atoms with Gasteiger partial charge in [-0.25, -0.2) is 9.78 Å². The van der Waals surface area contributed by atoms with Crippen LogP contribution in [0.5, 0.6) is 0 Å². The lowest BCUT2D eigenvalue weighted by Gasteiger charge is -2.39. The summed E-state index contributed by atoms with van der Waals surface area (Å²) in [5, 5.41) is 0. The minimum absolute atomic E-state index is 0.0196. The highest BCUT2D eigenvalue weighted by molar-refractivity contribution is 5.69. The first kappa shape index (κ1) is 12.8. The molecule has 2 rings (SSSR count). The number of pyridine rings is 1. The maximum Gasteiger partial charge on any atom is 0.410 e. The number of carbonyl (C=O) groups is 1. The van der Waals surface area contributed by atoms with Crippen LogP contribution in [0.25, 0.3) is 0 Å². The Bertz CT molecular complexity index is 451. The molecule has 2 heterocycles. The van der Waals surface area contributed by atoms with Gasteiger partial charge in [0.05, 0.1) is 0 Å². The molecule has 1 aliphatic rings. The molecule has 0 radical (unpaired) electrons. The third kappa shape index (κ3) is 2.78. The SMILES string of the molecule is CC(C)(C)OC(=O)N1CC(c2cccnc2F)C1. The van der Waals surface area contributed by atoms with Crippen molar-refractivity contribution in [2.45, 2.75) is 32.3 Å². The fourth-order valence-electron chi connectivity index (χ4n) is 1.85. The van der Waals surface area contributed by atoms with Gasteiger partial charge >= 0.3 is 6.09 Å². The number of ether oxygens (including phenoxy) is 1. The molecule has 0 N–H and O–H groups in total. The maximum atomic E-state index is 13.4. The van der Waals surface area contributed by atoms with E-state index in [-0.39, 0.29) is 12.0 Å². The van der Waals surface area contributed by atoms with Crippen molar-refractivity contribution in [2.75, 3.05) is 13.1 Å². The Morgan fingerprint density at radius 1 is 1.50 bits per heavy atom.